The number of hydrogen-bond donors (Lipinski definition) is 2. The lowest BCUT2D eigenvalue weighted by atomic mass is 9.92. The summed E-state index contributed by atoms with van der Waals surface area (Å²) in [5.41, 5.74) is 2.77. The molecule has 1 aliphatic rings. The van der Waals surface area contributed by atoms with Gasteiger partial charge in [0.2, 0.25) is 5.76 Å². The largest absolute Gasteiger partial charge is 0.453 e. The van der Waals surface area contributed by atoms with Gasteiger partial charge in [-0.3, -0.25) is 5.32 Å². The van der Waals surface area contributed by atoms with Gasteiger partial charge in [-0.15, -0.1) is 5.48 Å². The number of carbonyl (C=O) groups excluding carboxylic acids is 1. The van der Waals surface area contributed by atoms with E-state index in [0.717, 1.165) is 0 Å². The molecule has 154 valence electrons. The van der Waals surface area contributed by atoms with Gasteiger partial charge in [-0.1, -0.05) is 40.9 Å². The molecule has 0 aromatic heterocycles. The molecule has 0 radical (unpaired) electrons. The summed E-state index contributed by atoms with van der Waals surface area (Å²) in [6, 6.07) is 7.39. The number of hydroxylamine groups is 1. The Morgan fingerprint density at radius 1 is 1.14 bits per heavy atom. The molecule has 11 heteroatoms. The molecule has 0 aliphatic carbocycles. The molecule has 0 spiro atoms. The standard InChI is InChI=1S/C18H12Cl3F3N2O3/c1-28-17(27)25-13-6-8(2-3-12(13)21)15-14(16(29-26-15)18(22,23)24)9-4-10(19)7-11(20)5-9/h2-7,15,26H,1H3,(H,25,27). The highest BCUT2D eigenvalue weighted by Gasteiger charge is 2.46. The molecule has 1 atom stereocenters. The van der Waals surface area contributed by atoms with E-state index in [1.165, 1.54) is 43.5 Å². The maximum absolute atomic E-state index is 13.6. The SMILES string of the molecule is COC(=O)Nc1cc(C2NOC(C(F)(F)F)=C2c2cc(Cl)cc(Cl)c2)ccc1Cl. The van der Waals surface area contributed by atoms with E-state index in [9.17, 15) is 18.0 Å². The zero-order chi connectivity index (χ0) is 21.3. The lowest BCUT2D eigenvalue weighted by molar-refractivity contribution is -0.136. The Hall–Kier alpha value is -2.13. The van der Waals surface area contributed by atoms with Crippen LogP contribution in [0.3, 0.4) is 0 Å². The average molecular weight is 468 g/mol. The summed E-state index contributed by atoms with van der Waals surface area (Å²) in [7, 11) is 1.17. The number of allylic oxidation sites excluding steroid dienone is 1. The van der Waals surface area contributed by atoms with Crippen molar-refractivity contribution in [2.45, 2.75) is 12.2 Å². The van der Waals surface area contributed by atoms with Crippen molar-refractivity contribution in [1.82, 2.24) is 5.48 Å². The van der Waals surface area contributed by atoms with Crippen LogP contribution in [-0.4, -0.2) is 19.4 Å². The van der Waals surface area contributed by atoms with Gasteiger partial charge in [-0.25, -0.2) is 4.79 Å². The molecule has 0 saturated heterocycles. The topological polar surface area (TPSA) is 59.6 Å². The molecule has 1 aliphatic heterocycles. The van der Waals surface area contributed by atoms with Crippen molar-refractivity contribution >= 4 is 52.2 Å². The molecule has 0 fully saturated rings. The lowest BCUT2D eigenvalue weighted by Gasteiger charge is -2.16. The molecule has 2 N–H and O–H groups in total. The van der Waals surface area contributed by atoms with Crippen LogP contribution in [0.15, 0.2) is 42.2 Å². The zero-order valence-corrected chi connectivity index (χ0v) is 16.8. The average Bonchev–Trinajstić information content (AvgIpc) is 3.08. The van der Waals surface area contributed by atoms with E-state index in [2.05, 4.69) is 15.5 Å². The minimum absolute atomic E-state index is 0.127. The smallest absolute Gasteiger partial charge is 0.451 e. The Morgan fingerprint density at radius 3 is 2.38 bits per heavy atom. The summed E-state index contributed by atoms with van der Waals surface area (Å²) in [6.07, 6.45) is -5.56. The number of ether oxygens (including phenoxy) is 1. The molecule has 1 heterocycles. The molecule has 0 bridgehead atoms. The number of rotatable bonds is 3. The van der Waals surface area contributed by atoms with Gasteiger partial charge in [0.25, 0.3) is 0 Å². The molecule has 2 aromatic carbocycles. The maximum Gasteiger partial charge on any atom is 0.451 e. The van der Waals surface area contributed by atoms with Crippen LogP contribution in [0.5, 0.6) is 0 Å². The lowest BCUT2D eigenvalue weighted by Crippen LogP contribution is -2.17. The highest BCUT2D eigenvalue weighted by atomic mass is 35.5. The van der Waals surface area contributed by atoms with Crippen molar-refractivity contribution in [2.75, 3.05) is 12.4 Å². The summed E-state index contributed by atoms with van der Waals surface area (Å²) in [4.78, 5) is 16.3. The zero-order valence-electron chi connectivity index (χ0n) is 14.5. The molecule has 3 rings (SSSR count). The Morgan fingerprint density at radius 2 is 1.79 bits per heavy atom. The first-order chi connectivity index (χ1) is 13.6. The van der Waals surface area contributed by atoms with Gasteiger partial charge in [-0.2, -0.15) is 13.2 Å². The van der Waals surface area contributed by atoms with E-state index in [1.54, 1.807) is 0 Å². The van der Waals surface area contributed by atoms with Crippen LogP contribution in [0.4, 0.5) is 23.7 Å². The quantitative estimate of drug-likeness (QED) is 0.550. The summed E-state index contributed by atoms with van der Waals surface area (Å²) < 4.78 is 45.2. The summed E-state index contributed by atoms with van der Waals surface area (Å²) in [5, 5.41) is 2.89. The van der Waals surface area contributed by atoms with Crippen molar-refractivity contribution in [3.05, 3.63) is 68.4 Å². The summed E-state index contributed by atoms with van der Waals surface area (Å²) in [5.74, 6) is -1.22. The van der Waals surface area contributed by atoms with Crippen molar-refractivity contribution in [3.8, 4) is 0 Å². The number of carbonyl (C=O) groups is 1. The minimum atomic E-state index is -4.77. The first-order valence-electron chi connectivity index (χ1n) is 7.94. The highest BCUT2D eigenvalue weighted by Crippen LogP contribution is 2.45. The van der Waals surface area contributed by atoms with E-state index in [0.29, 0.717) is 5.56 Å². The molecule has 2 aromatic rings. The predicted octanol–water partition coefficient (Wildman–Crippen LogP) is 6.37. The predicted molar refractivity (Wildman–Crippen MR) is 104 cm³/mol. The van der Waals surface area contributed by atoms with E-state index in [1.807, 2.05) is 0 Å². The van der Waals surface area contributed by atoms with Gasteiger partial charge in [0.15, 0.2) is 0 Å². The molecule has 29 heavy (non-hydrogen) atoms. The number of methoxy groups -OCH3 is 1. The Kier molecular flexibility index (Phi) is 6.19. The normalized spacial score (nSPS) is 16.6. The Labute approximate surface area is 178 Å². The van der Waals surface area contributed by atoms with Gasteiger partial charge in [0.1, 0.15) is 0 Å². The second-order valence-electron chi connectivity index (χ2n) is 5.91. The van der Waals surface area contributed by atoms with E-state index < -0.39 is 24.1 Å². The van der Waals surface area contributed by atoms with Crippen molar-refractivity contribution < 1.29 is 27.5 Å². The number of anilines is 1. The Bertz CT molecular complexity index is 976. The van der Waals surface area contributed by atoms with Crippen molar-refractivity contribution in [3.63, 3.8) is 0 Å². The van der Waals surface area contributed by atoms with Gasteiger partial charge in [0.05, 0.1) is 23.9 Å². The van der Waals surface area contributed by atoms with Crippen LogP contribution < -0.4 is 10.8 Å². The van der Waals surface area contributed by atoms with Crippen molar-refractivity contribution in [2.24, 2.45) is 0 Å². The molecule has 5 nitrogen and oxygen atoms in total. The second-order valence-corrected chi connectivity index (χ2v) is 7.19. The highest BCUT2D eigenvalue weighted by molar-refractivity contribution is 6.35. The number of alkyl halides is 3. The fourth-order valence-corrected chi connectivity index (χ4v) is 3.49. The van der Waals surface area contributed by atoms with Crippen molar-refractivity contribution in [1.29, 1.82) is 0 Å². The van der Waals surface area contributed by atoms with Crippen LogP contribution in [0.2, 0.25) is 15.1 Å². The van der Waals surface area contributed by atoms with E-state index >= 15 is 0 Å². The molecular formula is C18H12Cl3F3N2O3. The number of amides is 1. The van der Waals surface area contributed by atoms with Crippen LogP contribution >= 0.6 is 34.8 Å². The van der Waals surface area contributed by atoms with Gasteiger partial charge in [-0.05, 0) is 41.5 Å². The molecular weight excluding hydrogens is 456 g/mol. The summed E-state index contributed by atoms with van der Waals surface area (Å²) >= 11 is 18.0. The van der Waals surface area contributed by atoms with Gasteiger partial charge < -0.3 is 9.57 Å². The third kappa shape index (κ3) is 4.72. The van der Waals surface area contributed by atoms with Gasteiger partial charge >= 0.3 is 12.3 Å². The van der Waals surface area contributed by atoms with E-state index in [-0.39, 0.29) is 31.9 Å². The third-order valence-corrected chi connectivity index (χ3v) is 4.76. The fourth-order valence-electron chi connectivity index (χ4n) is 2.79. The Balaban J connectivity index is 2.12. The first kappa shape index (κ1) is 21.6. The fraction of sp³-hybridized carbons (Fsp3) is 0.167. The maximum atomic E-state index is 13.6. The first-order valence-corrected chi connectivity index (χ1v) is 9.08. The number of hydrogen-bond acceptors (Lipinski definition) is 4. The molecule has 0 saturated carbocycles. The number of nitrogens with one attached hydrogen (secondary N) is 2. The number of benzene rings is 2. The molecule has 1 unspecified atom stereocenters. The summed E-state index contributed by atoms with van der Waals surface area (Å²) in [6.45, 7) is 0. The van der Waals surface area contributed by atoms with Gasteiger partial charge in [0, 0.05) is 15.6 Å². The second kappa shape index (κ2) is 8.31. The van der Waals surface area contributed by atoms with Crippen LogP contribution in [-0.2, 0) is 9.57 Å². The van der Waals surface area contributed by atoms with Crippen LogP contribution in [0, 0.1) is 0 Å². The van der Waals surface area contributed by atoms with E-state index in [4.69, 9.17) is 39.6 Å². The number of halogens is 6. The third-order valence-electron chi connectivity index (χ3n) is 3.99. The monoisotopic (exact) mass is 466 g/mol. The minimum Gasteiger partial charge on any atom is -0.453 e. The van der Waals surface area contributed by atoms with Crippen LogP contribution in [0.25, 0.3) is 5.57 Å². The van der Waals surface area contributed by atoms with Crippen LogP contribution in [0.1, 0.15) is 17.2 Å². The molecule has 1 amide bonds.